The van der Waals surface area contributed by atoms with E-state index in [2.05, 4.69) is 0 Å². The summed E-state index contributed by atoms with van der Waals surface area (Å²) in [6, 6.07) is -1.44. The van der Waals surface area contributed by atoms with Gasteiger partial charge in [0.05, 0.1) is 0 Å². The van der Waals surface area contributed by atoms with E-state index < -0.39 is 29.7 Å². The van der Waals surface area contributed by atoms with Crippen molar-refractivity contribution in [2.45, 2.75) is 0 Å². The number of Topliss-reactive ketones (excluding diaryl/α,β-unsaturated/α-hetero) is 1. The molecular weight excluding hydrogens is 184 g/mol. The molecule has 0 aromatic heterocycles. The van der Waals surface area contributed by atoms with Gasteiger partial charge in [0.15, 0.2) is 0 Å². The molecule has 0 aromatic carbocycles. The Morgan fingerprint density at radius 3 is 2.23 bits per heavy atom. The molecular formula is C5H2N2O6. The van der Waals surface area contributed by atoms with Crippen LogP contribution >= 0.6 is 0 Å². The summed E-state index contributed by atoms with van der Waals surface area (Å²) in [5.41, 5.74) is 0. The highest BCUT2D eigenvalue weighted by atomic mass is 16.4. The first-order valence-electron chi connectivity index (χ1n) is 2.92. The van der Waals surface area contributed by atoms with Gasteiger partial charge in [-0.05, 0) is 0 Å². The summed E-state index contributed by atoms with van der Waals surface area (Å²) in [4.78, 5) is 52.2. The largest absolute Gasteiger partial charge is 0.464 e. The summed E-state index contributed by atoms with van der Waals surface area (Å²) in [7, 11) is 0. The van der Waals surface area contributed by atoms with Gasteiger partial charge in [0, 0.05) is 0 Å². The lowest BCUT2D eigenvalue weighted by molar-refractivity contribution is -0.149. The number of hydrogen-bond acceptors (Lipinski definition) is 5. The van der Waals surface area contributed by atoms with Crippen LogP contribution < -0.4 is 5.32 Å². The van der Waals surface area contributed by atoms with E-state index in [4.69, 9.17) is 5.11 Å². The Balaban J connectivity index is 3.06. The number of carboxylic acid groups (broad SMARTS) is 1. The highest BCUT2D eigenvalue weighted by molar-refractivity contribution is 6.67. The fourth-order valence-electron chi connectivity index (χ4n) is 0.674. The van der Waals surface area contributed by atoms with Crippen LogP contribution in [0.15, 0.2) is 0 Å². The molecule has 13 heavy (non-hydrogen) atoms. The van der Waals surface area contributed by atoms with Gasteiger partial charge in [0.25, 0.3) is 0 Å². The zero-order valence-corrected chi connectivity index (χ0v) is 5.94. The Hall–Kier alpha value is -2.25. The van der Waals surface area contributed by atoms with Gasteiger partial charge in [0.2, 0.25) is 0 Å². The van der Waals surface area contributed by atoms with E-state index in [0.717, 1.165) is 0 Å². The maximum atomic E-state index is 10.7. The van der Waals surface area contributed by atoms with Gasteiger partial charge < -0.3 is 5.11 Å². The molecule has 1 fully saturated rings. The number of rotatable bonds is 0. The van der Waals surface area contributed by atoms with Gasteiger partial charge >= 0.3 is 29.7 Å². The van der Waals surface area contributed by atoms with Crippen LogP contribution in [0.1, 0.15) is 0 Å². The smallest absolute Gasteiger partial charge is 0.422 e. The second kappa shape index (κ2) is 2.66. The zero-order chi connectivity index (χ0) is 10.2. The van der Waals surface area contributed by atoms with E-state index in [9.17, 15) is 24.0 Å². The molecule has 8 nitrogen and oxygen atoms in total. The summed E-state index contributed by atoms with van der Waals surface area (Å²) in [6.45, 7) is 0. The highest BCUT2D eigenvalue weighted by Crippen LogP contribution is 1.99. The van der Waals surface area contributed by atoms with Crippen molar-refractivity contribution in [2.75, 3.05) is 0 Å². The lowest BCUT2D eigenvalue weighted by Gasteiger charge is -2.18. The monoisotopic (exact) mass is 186 g/mol. The van der Waals surface area contributed by atoms with Crippen molar-refractivity contribution in [3.63, 3.8) is 0 Å². The fraction of sp³-hybridized carbons (Fsp3) is 0. The number of carbonyl (C=O) groups excluding carboxylic acids is 4. The molecule has 1 saturated heterocycles. The lowest BCUT2D eigenvalue weighted by Crippen LogP contribution is -2.59. The van der Waals surface area contributed by atoms with Crippen molar-refractivity contribution < 1.29 is 29.1 Å². The molecule has 0 bridgehead atoms. The number of imide groups is 4. The third-order valence-electron chi connectivity index (χ3n) is 1.22. The van der Waals surface area contributed by atoms with E-state index in [0.29, 0.717) is 0 Å². The molecule has 2 N–H and O–H groups in total. The zero-order valence-electron chi connectivity index (χ0n) is 5.94. The SMILES string of the molecule is O=C1NC(=O)N(C(=O)O)C(=O)C1=O. The number of hydrogen-bond donors (Lipinski definition) is 2. The topological polar surface area (TPSA) is 121 Å². The molecule has 0 unspecified atom stereocenters. The van der Waals surface area contributed by atoms with Gasteiger partial charge in [-0.25, -0.2) is 9.59 Å². The first-order valence-corrected chi connectivity index (χ1v) is 2.92. The molecule has 1 heterocycles. The third-order valence-corrected chi connectivity index (χ3v) is 1.22. The van der Waals surface area contributed by atoms with Crippen LogP contribution in [-0.2, 0) is 14.4 Å². The van der Waals surface area contributed by atoms with Gasteiger partial charge in [-0.1, -0.05) is 0 Å². The van der Waals surface area contributed by atoms with Crippen molar-refractivity contribution in [1.29, 1.82) is 0 Å². The Bertz CT molecular complexity index is 345. The first kappa shape index (κ1) is 8.84. The van der Waals surface area contributed by atoms with Gasteiger partial charge in [-0.15, -0.1) is 0 Å². The van der Waals surface area contributed by atoms with Crippen LogP contribution in [-0.4, -0.2) is 39.7 Å². The Kier molecular flexibility index (Phi) is 1.81. The number of nitrogens with one attached hydrogen (secondary N) is 1. The minimum absolute atomic E-state index is 0.371. The molecule has 0 radical (unpaired) electrons. The number of nitrogens with zero attached hydrogens (tertiary/aromatic N) is 1. The van der Waals surface area contributed by atoms with Crippen molar-refractivity contribution in [3.05, 3.63) is 0 Å². The number of barbiturate groups is 1. The average molecular weight is 186 g/mol. The Labute approximate surface area is 70.1 Å². The molecule has 8 heteroatoms. The molecule has 0 aromatic rings. The number of urea groups is 1. The van der Waals surface area contributed by atoms with Crippen LogP contribution in [0.2, 0.25) is 0 Å². The molecule has 1 aliphatic rings. The second-order valence-electron chi connectivity index (χ2n) is 2.01. The van der Waals surface area contributed by atoms with Gasteiger partial charge in [0.1, 0.15) is 0 Å². The van der Waals surface area contributed by atoms with Crippen LogP contribution in [0.3, 0.4) is 0 Å². The summed E-state index contributed by atoms with van der Waals surface area (Å²) in [6.07, 6.45) is -1.91. The van der Waals surface area contributed by atoms with Crippen molar-refractivity contribution in [3.8, 4) is 0 Å². The summed E-state index contributed by atoms with van der Waals surface area (Å²) in [5.74, 6) is -4.67. The van der Waals surface area contributed by atoms with Crippen LogP contribution in [0.25, 0.3) is 0 Å². The van der Waals surface area contributed by atoms with Crippen molar-refractivity contribution in [1.82, 2.24) is 10.2 Å². The summed E-state index contributed by atoms with van der Waals surface area (Å²) in [5, 5.41) is 9.65. The predicted octanol–water partition coefficient (Wildman–Crippen LogP) is -1.69. The highest BCUT2D eigenvalue weighted by Gasteiger charge is 2.42. The van der Waals surface area contributed by atoms with Crippen molar-refractivity contribution >= 4 is 29.7 Å². The minimum atomic E-state index is -1.91. The molecule has 1 aliphatic heterocycles. The van der Waals surface area contributed by atoms with E-state index in [1.807, 2.05) is 0 Å². The normalized spacial score (nSPS) is 17.4. The Morgan fingerprint density at radius 2 is 1.77 bits per heavy atom. The Morgan fingerprint density at radius 1 is 1.23 bits per heavy atom. The maximum absolute atomic E-state index is 10.7. The maximum Gasteiger partial charge on any atom is 0.422 e. The van der Waals surface area contributed by atoms with E-state index in [1.165, 1.54) is 5.32 Å². The first-order chi connectivity index (χ1) is 5.95. The van der Waals surface area contributed by atoms with E-state index in [-0.39, 0.29) is 4.90 Å². The third kappa shape index (κ3) is 1.24. The van der Waals surface area contributed by atoms with E-state index >= 15 is 0 Å². The lowest BCUT2D eigenvalue weighted by atomic mass is 10.3. The average Bonchev–Trinajstić information content (AvgIpc) is 1.99. The number of carbonyl (C=O) groups is 5. The van der Waals surface area contributed by atoms with Crippen molar-refractivity contribution in [2.24, 2.45) is 0 Å². The molecule has 0 spiro atoms. The quantitative estimate of drug-likeness (QED) is 0.435. The van der Waals surface area contributed by atoms with Gasteiger partial charge in [-0.2, -0.15) is 4.90 Å². The van der Waals surface area contributed by atoms with Gasteiger partial charge in [-0.3, -0.25) is 19.7 Å². The molecule has 0 aliphatic carbocycles. The molecule has 68 valence electrons. The summed E-state index contributed by atoms with van der Waals surface area (Å²) < 4.78 is 0. The van der Waals surface area contributed by atoms with Crippen LogP contribution in [0.4, 0.5) is 9.59 Å². The number of ketones is 1. The molecule has 5 amide bonds. The number of amides is 5. The fourth-order valence-corrected chi connectivity index (χ4v) is 0.674. The van der Waals surface area contributed by atoms with E-state index in [1.54, 1.807) is 0 Å². The molecule has 1 rings (SSSR count). The summed E-state index contributed by atoms with van der Waals surface area (Å²) >= 11 is 0. The van der Waals surface area contributed by atoms with Crippen LogP contribution in [0.5, 0.6) is 0 Å². The minimum Gasteiger partial charge on any atom is -0.464 e. The molecule has 0 atom stereocenters. The second-order valence-corrected chi connectivity index (χ2v) is 2.01. The molecule has 0 saturated carbocycles. The standard InChI is InChI=1S/C5H2N2O6/c8-1-2(9)6-4(11)7(3(1)10)5(12)13/h(H,12,13)(H,6,9,11). The predicted molar refractivity (Wildman–Crippen MR) is 33.4 cm³/mol. The van der Waals surface area contributed by atoms with Crippen LogP contribution in [0, 0.1) is 0 Å².